The van der Waals surface area contributed by atoms with Gasteiger partial charge in [-0.3, -0.25) is 0 Å². The van der Waals surface area contributed by atoms with E-state index in [2.05, 4.69) is 25.4 Å². The van der Waals surface area contributed by atoms with Crippen molar-refractivity contribution in [1.82, 2.24) is 0 Å². The molecule has 0 aromatic carbocycles. The van der Waals surface area contributed by atoms with Gasteiger partial charge in [0, 0.05) is 14.2 Å². The molecule has 0 aromatic rings. The molecule has 72 valence electrons. The minimum absolute atomic E-state index is 0.0447. The topological polar surface area (TPSA) is 18.5 Å². The largest absolute Gasteiger partial charge is 0.356 e. The molecule has 0 aliphatic rings. The molecule has 0 rings (SSSR count). The first-order valence-corrected chi connectivity index (χ1v) is 7.53. The number of methoxy groups -OCH3 is 2. The van der Waals surface area contributed by atoms with Crippen LogP contribution in [0.4, 0.5) is 0 Å². The van der Waals surface area contributed by atoms with E-state index in [-0.39, 0.29) is 6.29 Å². The average Bonchev–Trinajstić information content (AvgIpc) is 2.06. The van der Waals surface area contributed by atoms with Crippen molar-refractivity contribution in [3.05, 3.63) is 12.3 Å². The Balaban J connectivity index is 3.72. The average molecular weight is 188 g/mol. The number of rotatable bonds is 6. The first-order chi connectivity index (χ1) is 5.55. The van der Waals surface area contributed by atoms with Crippen LogP contribution in [-0.4, -0.2) is 28.6 Å². The Morgan fingerprint density at radius 2 is 1.83 bits per heavy atom. The van der Waals surface area contributed by atoms with Gasteiger partial charge in [0.2, 0.25) is 0 Å². The molecule has 0 saturated heterocycles. The van der Waals surface area contributed by atoms with E-state index in [9.17, 15) is 0 Å². The lowest BCUT2D eigenvalue weighted by molar-refractivity contribution is -0.103. The Bertz CT molecular complexity index is 130. The van der Waals surface area contributed by atoms with Crippen LogP contribution in [0, 0.1) is 0 Å². The van der Waals surface area contributed by atoms with E-state index in [1.54, 1.807) is 14.2 Å². The van der Waals surface area contributed by atoms with E-state index in [1.807, 2.05) is 0 Å². The van der Waals surface area contributed by atoms with E-state index in [4.69, 9.17) is 9.47 Å². The van der Waals surface area contributed by atoms with Crippen molar-refractivity contribution in [3.63, 3.8) is 0 Å². The summed E-state index contributed by atoms with van der Waals surface area (Å²) < 4.78 is 10.2. The highest BCUT2D eigenvalue weighted by atomic mass is 28.3. The van der Waals surface area contributed by atoms with Gasteiger partial charge >= 0.3 is 0 Å². The highest BCUT2D eigenvalue weighted by Crippen LogP contribution is 2.15. The van der Waals surface area contributed by atoms with E-state index in [0.717, 1.165) is 6.42 Å². The third-order valence-corrected chi connectivity index (χ3v) is 4.79. The van der Waals surface area contributed by atoms with E-state index in [1.165, 1.54) is 6.04 Å². The summed E-state index contributed by atoms with van der Waals surface area (Å²) in [7, 11) is 2.19. The first kappa shape index (κ1) is 11.9. The van der Waals surface area contributed by atoms with Crippen LogP contribution >= 0.6 is 0 Å². The maximum Gasteiger partial charge on any atom is 0.156 e. The zero-order valence-corrected chi connectivity index (χ0v) is 9.59. The smallest absolute Gasteiger partial charge is 0.156 e. The fraction of sp³-hybridized carbons (Fsp3) is 0.778. The first-order valence-electron chi connectivity index (χ1n) is 4.25. The lowest BCUT2D eigenvalue weighted by atomic mass is 10.5. The number of ether oxygens (including phenoxy) is 2. The molecule has 0 saturated carbocycles. The van der Waals surface area contributed by atoms with Gasteiger partial charge in [-0.25, -0.2) is 0 Å². The van der Waals surface area contributed by atoms with Gasteiger partial charge < -0.3 is 9.47 Å². The zero-order valence-electron chi connectivity index (χ0n) is 8.59. The van der Waals surface area contributed by atoms with Crippen molar-refractivity contribution in [2.45, 2.75) is 31.8 Å². The molecule has 2 nitrogen and oxygen atoms in total. The second kappa shape index (κ2) is 5.51. The molecule has 0 aromatic heterocycles. The fourth-order valence-electron chi connectivity index (χ4n) is 0.924. The molecular weight excluding hydrogens is 168 g/mol. The zero-order chi connectivity index (χ0) is 9.61. The molecule has 0 fully saturated rings. The van der Waals surface area contributed by atoms with Gasteiger partial charge in [0.1, 0.15) is 0 Å². The van der Waals surface area contributed by atoms with Crippen molar-refractivity contribution < 1.29 is 9.47 Å². The van der Waals surface area contributed by atoms with E-state index in [0.29, 0.717) is 0 Å². The maximum absolute atomic E-state index is 5.11. The van der Waals surface area contributed by atoms with Gasteiger partial charge in [-0.2, -0.15) is 0 Å². The lowest BCUT2D eigenvalue weighted by Gasteiger charge is -2.20. The molecule has 0 heterocycles. The normalized spacial score (nSPS) is 12.1. The van der Waals surface area contributed by atoms with Gasteiger partial charge in [0.15, 0.2) is 6.29 Å². The van der Waals surface area contributed by atoms with E-state index >= 15 is 0 Å². The molecule has 0 spiro atoms. The Kier molecular flexibility index (Phi) is 5.45. The quantitative estimate of drug-likeness (QED) is 0.471. The summed E-state index contributed by atoms with van der Waals surface area (Å²) in [5, 5.41) is 0. The second-order valence-electron chi connectivity index (χ2n) is 3.63. The Hall–Kier alpha value is -0.123. The van der Waals surface area contributed by atoms with Gasteiger partial charge in [-0.05, 0) is 12.5 Å². The summed E-state index contributed by atoms with van der Waals surface area (Å²) in [5.74, 6) is 0. The van der Waals surface area contributed by atoms with Crippen LogP contribution < -0.4 is 0 Å². The molecule has 0 amide bonds. The summed E-state index contributed by atoms with van der Waals surface area (Å²) >= 11 is 0. The predicted molar refractivity (Wildman–Crippen MR) is 54.9 cm³/mol. The van der Waals surface area contributed by atoms with Crippen LogP contribution in [0.2, 0.25) is 19.1 Å². The predicted octanol–water partition coefficient (Wildman–Crippen LogP) is 2.43. The second-order valence-corrected chi connectivity index (χ2v) is 8.52. The van der Waals surface area contributed by atoms with Crippen LogP contribution in [-0.2, 0) is 9.47 Å². The van der Waals surface area contributed by atoms with Crippen molar-refractivity contribution in [2.75, 3.05) is 14.2 Å². The van der Waals surface area contributed by atoms with E-state index < -0.39 is 8.07 Å². The van der Waals surface area contributed by atoms with Crippen molar-refractivity contribution in [1.29, 1.82) is 0 Å². The Labute approximate surface area is 76.6 Å². The third-order valence-electron chi connectivity index (χ3n) is 2.10. The summed E-state index contributed by atoms with van der Waals surface area (Å²) in [6.07, 6.45) is 0.926. The molecule has 0 aliphatic heterocycles. The lowest BCUT2D eigenvalue weighted by Crippen LogP contribution is -2.25. The molecule has 3 heteroatoms. The standard InChI is InChI=1S/C9H20O2Si/c1-6-12(4,5)8-7-9(10-2)11-3/h6,9H,1,7-8H2,2-5H3. The molecular formula is C9H20O2Si. The third kappa shape index (κ3) is 4.69. The molecule has 0 atom stereocenters. The summed E-state index contributed by atoms with van der Waals surface area (Å²) in [6, 6.07) is 1.17. The Morgan fingerprint density at radius 1 is 1.33 bits per heavy atom. The van der Waals surface area contributed by atoms with Crippen molar-refractivity contribution in [2.24, 2.45) is 0 Å². The number of hydrogen-bond acceptors (Lipinski definition) is 2. The Morgan fingerprint density at radius 3 is 2.17 bits per heavy atom. The summed E-state index contributed by atoms with van der Waals surface area (Å²) in [5.41, 5.74) is 2.11. The highest BCUT2D eigenvalue weighted by molar-refractivity contribution is 6.82. The SMILES string of the molecule is C=C[Si](C)(C)CCC(OC)OC. The summed E-state index contributed by atoms with van der Waals surface area (Å²) in [6.45, 7) is 8.43. The van der Waals surface area contributed by atoms with Crippen molar-refractivity contribution in [3.8, 4) is 0 Å². The van der Waals surface area contributed by atoms with Crippen LogP contribution in [0.5, 0.6) is 0 Å². The molecule has 0 aliphatic carbocycles. The van der Waals surface area contributed by atoms with Gasteiger partial charge in [0.25, 0.3) is 0 Å². The highest BCUT2D eigenvalue weighted by Gasteiger charge is 2.18. The van der Waals surface area contributed by atoms with Gasteiger partial charge in [0.05, 0.1) is 8.07 Å². The van der Waals surface area contributed by atoms with Crippen LogP contribution in [0.3, 0.4) is 0 Å². The fourth-order valence-corrected chi connectivity index (χ4v) is 2.11. The molecule has 0 radical (unpaired) electrons. The molecule has 0 bridgehead atoms. The minimum atomic E-state index is -1.17. The molecule has 12 heavy (non-hydrogen) atoms. The summed E-state index contributed by atoms with van der Waals surface area (Å²) in [4.78, 5) is 0. The van der Waals surface area contributed by atoms with Crippen molar-refractivity contribution >= 4 is 8.07 Å². The maximum atomic E-state index is 5.11. The minimum Gasteiger partial charge on any atom is -0.356 e. The molecule has 0 N–H and O–H groups in total. The monoisotopic (exact) mass is 188 g/mol. The van der Waals surface area contributed by atoms with Gasteiger partial charge in [-0.1, -0.05) is 13.1 Å². The van der Waals surface area contributed by atoms with Gasteiger partial charge in [-0.15, -0.1) is 12.3 Å². The van der Waals surface area contributed by atoms with Crippen LogP contribution in [0.25, 0.3) is 0 Å². The van der Waals surface area contributed by atoms with Crippen LogP contribution in [0.15, 0.2) is 12.3 Å². The molecule has 0 unspecified atom stereocenters. The number of hydrogen-bond donors (Lipinski definition) is 0. The van der Waals surface area contributed by atoms with Crippen LogP contribution in [0.1, 0.15) is 6.42 Å².